The minimum atomic E-state index is -0.312. The van der Waals surface area contributed by atoms with Crippen LogP contribution in [0.15, 0.2) is 18.2 Å². The van der Waals surface area contributed by atoms with Gasteiger partial charge in [0.15, 0.2) is 0 Å². The summed E-state index contributed by atoms with van der Waals surface area (Å²) in [4.78, 5) is 0. The standard InChI is InChI=1S/C10H14ClFN2/c1-2-9(14-13)5-7-3-4-8(12)6-10(7)11/h3-4,6,9,14H,2,5,13H2,1H3. The Morgan fingerprint density at radius 2 is 2.29 bits per heavy atom. The number of nitrogens with one attached hydrogen (secondary N) is 1. The van der Waals surface area contributed by atoms with Crippen LogP contribution in [-0.4, -0.2) is 6.04 Å². The van der Waals surface area contributed by atoms with Crippen molar-refractivity contribution >= 4 is 11.6 Å². The number of nitrogens with two attached hydrogens (primary N) is 1. The molecule has 78 valence electrons. The molecule has 0 aromatic heterocycles. The topological polar surface area (TPSA) is 38.0 Å². The number of hydrogen-bond acceptors (Lipinski definition) is 2. The zero-order chi connectivity index (χ0) is 10.6. The first-order valence-corrected chi connectivity index (χ1v) is 4.95. The molecule has 0 aliphatic heterocycles. The fourth-order valence-corrected chi connectivity index (χ4v) is 1.52. The maximum absolute atomic E-state index is 12.7. The molecule has 1 atom stereocenters. The smallest absolute Gasteiger partial charge is 0.124 e. The fourth-order valence-electron chi connectivity index (χ4n) is 1.27. The third-order valence-corrected chi connectivity index (χ3v) is 2.56. The van der Waals surface area contributed by atoms with E-state index in [4.69, 9.17) is 17.4 Å². The summed E-state index contributed by atoms with van der Waals surface area (Å²) < 4.78 is 12.7. The van der Waals surface area contributed by atoms with Crippen molar-refractivity contribution in [2.24, 2.45) is 5.84 Å². The van der Waals surface area contributed by atoms with Gasteiger partial charge in [-0.05, 0) is 30.5 Å². The second-order valence-electron chi connectivity index (χ2n) is 3.21. The molecule has 0 saturated heterocycles. The molecule has 0 aliphatic rings. The number of benzene rings is 1. The van der Waals surface area contributed by atoms with Gasteiger partial charge in [-0.25, -0.2) is 4.39 Å². The zero-order valence-electron chi connectivity index (χ0n) is 8.06. The lowest BCUT2D eigenvalue weighted by Gasteiger charge is -2.14. The molecule has 2 nitrogen and oxygen atoms in total. The molecule has 1 rings (SSSR count). The van der Waals surface area contributed by atoms with Gasteiger partial charge in [-0.1, -0.05) is 24.6 Å². The Kier molecular flexibility index (Phi) is 4.32. The summed E-state index contributed by atoms with van der Waals surface area (Å²) in [6.07, 6.45) is 1.62. The fraction of sp³-hybridized carbons (Fsp3) is 0.400. The van der Waals surface area contributed by atoms with Crippen molar-refractivity contribution < 1.29 is 4.39 Å². The molecule has 4 heteroatoms. The molecule has 0 spiro atoms. The average Bonchev–Trinajstić information content (AvgIpc) is 2.17. The number of halogens is 2. The first kappa shape index (κ1) is 11.4. The second-order valence-corrected chi connectivity index (χ2v) is 3.62. The van der Waals surface area contributed by atoms with Crippen LogP contribution in [-0.2, 0) is 6.42 Å². The summed E-state index contributed by atoms with van der Waals surface area (Å²) in [5.41, 5.74) is 3.60. The highest BCUT2D eigenvalue weighted by molar-refractivity contribution is 6.31. The third kappa shape index (κ3) is 2.94. The Bertz CT molecular complexity index is 300. The first-order valence-electron chi connectivity index (χ1n) is 4.57. The predicted molar refractivity (Wildman–Crippen MR) is 56.5 cm³/mol. The molecule has 0 bridgehead atoms. The van der Waals surface area contributed by atoms with Crippen molar-refractivity contribution in [1.82, 2.24) is 5.43 Å². The van der Waals surface area contributed by atoms with Gasteiger partial charge in [-0.3, -0.25) is 11.3 Å². The molecule has 14 heavy (non-hydrogen) atoms. The number of hydrogen-bond donors (Lipinski definition) is 2. The van der Waals surface area contributed by atoms with Gasteiger partial charge in [0.1, 0.15) is 5.82 Å². The molecule has 0 aliphatic carbocycles. The van der Waals surface area contributed by atoms with Gasteiger partial charge < -0.3 is 0 Å². The zero-order valence-corrected chi connectivity index (χ0v) is 8.81. The summed E-state index contributed by atoms with van der Waals surface area (Å²) in [5, 5.41) is 0.457. The van der Waals surface area contributed by atoms with Crippen LogP contribution in [0.2, 0.25) is 5.02 Å². The Morgan fingerprint density at radius 3 is 2.79 bits per heavy atom. The van der Waals surface area contributed by atoms with Gasteiger partial charge in [-0.2, -0.15) is 0 Å². The van der Waals surface area contributed by atoms with Crippen LogP contribution in [0.5, 0.6) is 0 Å². The van der Waals surface area contributed by atoms with Crippen LogP contribution in [0.25, 0.3) is 0 Å². The van der Waals surface area contributed by atoms with E-state index in [-0.39, 0.29) is 11.9 Å². The normalized spacial score (nSPS) is 12.9. The lowest BCUT2D eigenvalue weighted by molar-refractivity contribution is 0.510. The SMILES string of the molecule is CCC(Cc1ccc(F)cc1Cl)NN. The molecule has 0 saturated carbocycles. The Balaban J connectivity index is 2.76. The van der Waals surface area contributed by atoms with Crippen molar-refractivity contribution in [1.29, 1.82) is 0 Å². The lowest BCUT2D eigenvalue weighted by atomic mass is 10.0. The van der Waals surface area contributed by atoms with E-state index < -0.39 is 0 Å². The molecular weight excluding hydrogens is 203 g/mol. The first-order chi connectivity index (χ1) is 6.67. The van der Waals surface area contributed by atoms with Gasteiger partial charge in [-0.15, -0.1) is 0 Å². The summed E-state index contributed by atoms with van der Waals surface area (Å²) in [6, 6.07) is 4.60. The third-order valence-electron chi connectivity index (χ3n) is 2.21. The van der Waals surface area contributed by atoms with Gasteiger partial charge >= 0.3 is 0 Å². The van der Waals surface area contributed by atoms with Crippen LogP contribution in [0.4, 0.5) is 4.39 Å². The van der Waals surface area contributed by atoms with E-state index >= 15 is 0 Å². The van der Waals surface area contributed by atoms with Crippen LogP contribution < -0.4 is 11.3 Å². The molecule has 0 heterocycles. The van der Waals surface area contributed by atoms with E-state index in [1.807, 2.05) is 6.92 Å². The van der Waals surface area contributed by atoms with E-state index in [9.17, 15) is 4.39 Å². The van der Waals surface area contributed by atoms with Gasteiger partial charge in [0, 0.05) is 11.1 Å². The van der Waals surface area contributed by atoms with E-state index in [0.29, 0.717) is 11.4 Å². The number of rotatable bonds is 4. The van der Waals surface area contributed by atoms with Crippen LogP contribution in [0, 0.1) is 5.82 Å². The van der Waals surface area contributed by atoms with Gasteiger partial charge in [0.2, 0.25) is 0 Å². The highest BCUT2D eigenvalue weighted by Gasteiger charge is 2.08. The lowest BCUT2D eigenvalue weighted by Crippen LogP contribution is -2.36. The average molecular weight is 217 g/mol. The quantitative estimate of drug-likeness (QED) is 0.599. The summed E-state index contributed by atoms with van der Waals surface area (Å²) >= 11 is 5.88. The van der Waals surface area contributed by atoms with Gasteiger partial charge in [0.05, 0.1) is 0 Å². The van der Waals surface area contributed by atoms with Crippen molar-refractivity contribution in [3.05, 3.63) is 34.6 Å². The van der Waals surface area contributed by atoms with E-state index in [2.05, 4.69) is 5.43 Å². The van der Waals surface area contributed by atoms with E-state index in [1.165, 1.54) is 12.1 Å². The highest BCUT2D eigenvalue weighted by atomic mass is 35.5. The van der Waals surface area contributed by atoms with Crippen LogP contribution in [0.1, 0.15) is 18.9 Å². The van der Waals surface area contributed by atoms with E-state index in [1.54, 1.807) is 6.07 Å². The second kappa shape index (κ2) is 5.29. The summed E-state index contributed by atoms with van der Waals surface area (Å²) in [6.45, 7) is 2.03. The molecule has 1 aromatic carbocycles. The molecule has 0 fully saturated rings. The molecule has 0 amide bonds. The monoisotopic (exact) mass is 216 g/mol. The molecule has 1 aromatic rings. The van der Waals surface area contributed by atoms with Crippen LogP contribution >= 0.6 is 11.6 Å². The minimum Gasteiger partial charge on any atom is -0.271 e. The Labute approximate surface area is 88.2 Å². The molecule has 0 radical (unpaired) electrons. The predicted octanol–water partition coefficient (Wildman–Crippen LogP) is 2.26. The van der Waals surface area contributed by atoms with Gasteiger partial charge in [0.25, 0.3) is 0 Å². The largest absolute Gasteiger partial charge is 0.271 e. The minimum absolute atomic E-state index is 0.179. The maximum atomic E-state index is 12.7. The van der Waals surface area contributed by atoms with Crippen molar-refractivity contribution in [3.63, 3.8) is 0 Å². The summed E-state index contributed by atoms with van der Waals surface area (Å²) in [7, 11) is 0. The van der Waals surface area contributed by atoms with Crippen molar-refractivity contribution in [3.8, 4) is 0 Å². The van der Waals surface area contributed by atoms with E-state index in [0.717, 1.165) is 12.0 Å². The highest BCUT2D eigenvalue weighted by Crippen LogP contribution is 2.19. The molecule has 1 unspecified atom stereocenters. The number of hydrazine groups is 1. The molecule has 3 N–H and O–H groups in total. The van der Waals surface area contributed by atoms with Crippen molar-refractivity contribution in [2.45, 2.75) is 25.8 Å². The summed E-state index contributed by atoms with van der Waals surface area (Å²) in [5.74, 6) is 5.03. The Hall–Kier alpha value is -0.640. The van der Waals surface area contributed by atoms with Crippen molar-refractivity contribution in [2.75, 3.05) is 0 Å². The Morgan fingerprint density at radius 1 is 1.57 bits per heavy atom. The maximum Gasteiger partial charge on any atom is 0.124 e. The van der Waals surface area contributed by atoms with Crippen LogP contribution in [0.3, 0.4) is 0 Å². The molecular formula is C10H14ClFN2.